The van der Waals surface area contributed by atoms with E-state index in [2.05, 4.69) is 30.6 Å². The molecule has 2 saturated heterocycles. The molecule has 0 aromatic heterocycles. The Morgan fingerprint density at radius 1 is 0.947 bits per heavy atom. The third-order valence-electron chi connectivity index (χ3n) is 4.69. The highest BCUT2D eigenvalue weighted by Gasteiger charge is 2.31. The molecule has 0 aliphatic carbocycles. The van der Waals surface area contributed by atoms with Crippen LogP contribution in [0.25, 0.3) is 0 Å². The zero-order valence-electron chi connectivity index (χ0n) is 13.0. The Kier molecular flexibility index (Phi) is 4.51. The Morgan fingerprint density at radius 2 is 1.47 bits per heavy atom. The van der Waals surface area contributed by atoms with E-state index >= 15 is 0 Å². The molecule has 1 amide bonds. The van der Waals surface area contributed by atoms with Crippen molar-refractivity contribution in [2.24, 2.45) is 0 Å². The topological polar surface area (TPSA) is 26.8 Å². The second-order valence-corrected chi connectivity index (χ2v) is 6.93. The van der Waals surface area contributed by atoms with Crippen LogP contribution in [-0.4, -0.2) is 71.5 Å². The summed E-state index contributed by atoms with van der Waals surface area (Å²) in [6.45, 7) is 15.2. The molecular formula is C15H29N3O. The van der Waals surface area contributed by atoms with Gasteiger partial charge in [-0.3, -0.25) is 14.6 Å². The standard InChI is InChI=1S/C15H29N3O/c1-13(19)16-7-5-14(6-8-16)17-9-11-18(12-10-17)15(2,3)4/h14H,5-12H2,1-4H3. The Labute approximate surface area is 117 Å². The Balaban J connectivity index is 1.78. The van der Waals surface area contributed by atoms with E-state index in [1.165, 1.54) is 26.2 Å². The molecular weight excluding hydrogens is 238 g/mol. The summed E-state index contributed by atoms with van der Waals surface area (Å²) in [4.78, 5) is 18.5. The van der Waals surface area contributed by atoms with Crippen LogP contribution in [0.1, 0.15) is 40.5 Å². The van der Waals surface area contributed by atoms with Crippen molar-refractivity contribution in [1.29, 1.82) is 0 Å². The third-order valence-corrected chi connectivity index (χ3v) is 4.69. The highest BCUT2D eigenvalue weighted by molar-refractivity contribution is 5.73. The summed E-state index contributed by atoms with van der Waals surface area (Å²) < 4.78 is 0. The van der Waals surface area contributed by atoms with Crippen molar-refractivity contribution in [1.82, 2.24) is 14.7 Å². The highest BCUT2D eigenvalue weighted by Crippen LogP contribution is 2.21. The molecule has 19 heavy (non-hydrogen) atoms. The van der Waals surface area contributed by atoms with Gasteiger partial charge in [-0.15, -0.1) is 0 Å². The second-order valence-electron chi connectivity index (χ2n) is 6.93. The van der Waals surface area contributed by atoms with Gasteiger partial charge in [-0.2, -0.15) is 0 Å². The number of hydrogen-bond donors (Lipinski definition) is 0. The minimum atomic E-state index is 0.232. The quantitative estimate of drug-likeness (QED) is 0.719. The molecule has 4 nitrogen and oxygen atoms in total. The van der Waals surface area contributed by atoms with Crippen LogP contribution in [0, 0.1) is 0 Å². The van der Waals surface area contributed by atoms with Crippen LogP contribution >= 0.6 is 0 Å². The maximum absolute atomic E-state index is 11.3. The smallest absolute Gasteiger partial charge is 0.219 e. The molecule has 0 aromatic carbocycles. The van der Waals surface area contributed by atoms with Gasteiger partial charge in [0.25, 0.3) is 0 Å². The molecule has 0 spiro atoms. The zero-order valence-corrected chi connectivity index (χ0v) is 13.0. The summed E-state index contributed by atoms with van der Waals surface area (Å²) in [5.74, 6) is 0.232. The predicted molar refractivity (Wildman–Crippen MR) is 78.2 cm³/mol. The van der Waals surface area contributed by atoms with E-state index in [0.717, 1.165) is 25.9 Å². The first kappa shape index (κ1) is 14.8. The third kappa shape index (κ3) is 3.69. The minimum Gasteiger partial charge on any atom is -0.343 e. The largest absolute Gasteiger partial charge is 0.343 e. The van der Waals surface area contributed by atoms with E-state index in [9.17, 15) is 4.79 Å². The van der Waals surface area contributed by atoms with Gasteiger partial charge in [-0.05, 0) is 33.6 Å². The summed E-state index contributed by atoms with van der Waals surface area (Å²) in [6.07, 6.45) is 2.30. The van der Waals surface area contributed by atoms with Crippen LogP contribution in [0.15, 0.2) is 0 Å². The number of likely N-dealkylation sites (tertiary alicyclic amines) is 1. The van der Waals surface area contributed by atoms with Crippen molar-refractivity contribution in [2.45, 2.75) is 52.1 Å². The number of carbonyl (C=O) groups is 1. The molecule has 4 heteroatoms. The molecule has 0 saturated carbocycles. The fourth-order valence-electron chi connectivity index (χ4n) is 3.30. The van der Waals surface area contributed by atoms with Crippen LogP contribution in [0.4, 0.5) is 0 Å². The van der Waals surface area contributed by atoms with Gasteiger partial charge in [-0.25, -0.2) is 0 Å². The van der Waals surface area contributed by atoms with Crippen LogP contribution in [-0.2, 0) is 4.79 Å². The van der Waals surface area contributed by atoms with E-state index in [0.29, 0.717) is 11.6 Å². The van der Waals surface area contributed by atoms with Crippen molar-refractivity contribution in [3.05, 3.63) is 0 Å². The monoisotopic (exact) mass is 267 g/mol. The van der Waals surface area contributed by atoms with Crippen molar-refractivity contribution in [2.75, 3.05) is 39.3 Å². The van der Waals surface area contributed by atoms with Gasteiger partial charge < -0.3 is 4.90 Å². The van der Waals surface area contributed by atoms with Crippen LogP contribution in [0.5, 0.6) is 0 Å². The lowest BCUT2D eigenvalue weighted by Crippen LogP contribution is -2.57. The molecule has 0 N–H and O–H groups in total. The molecule has 2 heterocycles. The average molecular weight is 267 g/mol. The Bertz CT molecular complexity index is 308. The molecule has 0 aromatic rings. The number of piperazine rings is 1. The van der Waals surface area contributed by atoms with E-state index in [4.69, 9.17) is 0 Å². The van der Waals surface area contributed by atoms with Gasteiger partial charge in [0.2, 0.25) is 5.91 Å². The predicted octanol–water partition coefficient (Wildman–Crippen LogP) is 1.41. The van der Waals surface area contributed by atoms with Gasteiger partial charge in [0.15, 0.2) is 0 Å². The van der Waals surface area contributed by atoms with Gasteiger partial charge in [0, 0.05) is 57.8 Å². The molecule has 2 aliphatic rings. The average Bonchev–Trinajstić information content (AvgIpc) is 2.38. The van der Waals surface area contributed by atoms with Gasteiger partial charge in [0.05, 0.1) is 0 Å². The van der Waals surface area contributed by atoms with Crippen LogP contribution < -0.4 is 0 Å². The van der Waals surface area contributed by atoms with Gasteiger partial charge in [-0.1, -0.05) is 0 Å². The molecule has 0 unspecified atom stereocenters. The zero-order chi connectivity index (χ0) is 14.0. The number of nitrogens with zero attached hydrogens (tertiary/aromatic N) is 3. The summed E-state index contributed by atoms with van der Waals surface area (Å²) in [5.41, 5.74) is 0.296. The molecule has 2 aliphatic heterocycles. The van der Waals surface area contributed by atoms with Crippen LogP contribution in [0.2, 0.25) is 0 Å². The van der Waals surface area contributed by atoms with E-state index in [1.54, 1.807) is 6.92 Å². The van der Waals surface area contributed by atoms with Crippen molar-refractivity contribution < 1.29 is 4.79 Å². The molecule has 110 valence electrons. The molecule has 2 rings (SSSR count). The maximum atomic E-state index is 11.3. The molecule has 0 bridgehead atoms. The SMILES string of the molecule is CC(=O)N1CCC(N2CCN(C(C)(C)C)CC2)CC1. The lowest BCUT2D eigenvalue weighted by atomic mass is 10.0. The summed E-state index contributed by atoms with van der Waals surface area (Å²) in [7, 11) is 0. The van der Waals surface area contributed by atoms with Crippen molar-refractivity contribution in [3.8, 4) is 0 Å². The second kappa shape index (κ2) is 5.80. The lowest BCUT2D eigenvalue weighted by Gasteiger charge is -2.46. The summed E-state index contributed by atoms with van der Waals surface area (Å²) >= 11 is 0. The highest BCUT2D eigenvalue weighted by atomic mass is 16.2. The maximum Gasteiger partial charge on any atom is 0.219 e. The summed E-state index contributed by atoms with van der Waals surface area (Å²) in [6, 6.07) is 0.692. The minimum absolute atomic E-state index is 0.232. The molecule has 0 radical (unpaired) electrons. The van der Waals surface area contributed by atoms with E-state index < -0.39 is 0 Å². The van der Waals surface area contributed by atoms with E-state index in [1.807, 2.05) is 4.90 Å². The van der Waals surface area contributed by atoms with Crippen molar-refractivity contribution in [3.63, 3.8) is 0 Å². The number of rotatable bonds is 1. The lowest BCUT2D eigenvalue weighted by molar-refractivity contribution is -0.130. The molecule has 2 fully saturated rings. The molecule has 0 atom stereocenters. The first-order chi connectivity index (χ1) is 8.88. The number of piperidine rings is 1. The Morgan fingerprint density at radius 3 is 1.89 bits per heavy atom. The van der Waals surface area contributed by atoms with Crippen molar-refractivity contribution >= 4 is 5.91 Å². The number of carbonyl (C=O) groups excluding carboxylic acids is 1. The Hall–Kier alpha value is -0.610. The first-order valence-corrected chi connectivity index (χ1v) is 7.62. The fraction of sp³-hybridized carbons (Fsp3) is 0.933. The van der Waals surface area contributed by atoms with Crippen LogP contribution in [0.3, 0.4) is 0 Å². The summed E-state index contributed by atoms with van der Waals surface area (Å²) in [5, 5.41) is 0. The van der Waals surface area contributed by atoms with Gasteiger partial charge >= 0.3 is 0 Å². The number of amides is 1. The first-order valence-electron chi connectivity index (χ1n) is 7.62. The fourth-order valence-corrected chi connectivity index (χ4v) is 3.30. The van der Waals surface area contributed by atoms with Gasteiger partial charge in [0.1, 0.15) is 0 Å². The number of hydrogen-bond acceptors (Lipinski definition) is 3. The normalized spacial score (nSPS) is 24.7. The van der Waals surface area contributed by atoms with E-state index in [-0.39, 0.29) is 5.91 Å².